The molecular weight excluding hydrogens is 328 g/mol. The smallest absolute Gasteiger partial charge is 0.344 e. The van der Waals surface area contributed by atoms with E-state index in [0.717, 1.165) is 24.8 Å². The highest BCUT2D eigenvalue weighted by molar-refractivity contribution is 6.37. The topological polar surface area (TPSA) is 70.7 Å². The van der Waals surface area contributed by atoms with Crippen molar-refractivity contribution in [3.8, 4) is 5.75 Å². The molecule has 0 aliphatic heterocycles. The Morgan fingerprint density at radius 2 is 1.88 bits per heavy atom. The van der Waals surface area contributed by atoms with Crippen LogP contribution in [0.2, 0.25) is 5.02 Å². The molecule has 3 aliphatic rings. The fraction of sp³-hybridized carbons (Fsp3) is 0.316. The average Bonchev–Trinajstić information content (AvgIpc) is 2.45. The normalized spacial score (nSPS) is 27.9. The summed E-state index contributed by atoms with van der Waals surface area (Å²) in [5.74, 6) is 0.0425. The van der Waals surface area contributed by atoms with Crippen LogP contribution in [0.5, 0.6) is 5.75 Å². The van der Waals surface area contributed by atoms with Crippen LogP contribution < -0.4 is 5.63 Å². The van der Waals surface area contributed by atoms with E-state index >= 15 is 0 Å². The summed E-state index contributed by atoms with van der Waals surface area (Å²) in [7, 11) is 0. The Morgan fingerprint density at radius 1 is 1.12 bits per heavy atom. The number of aromatic hydroxyl groups is 1. The van der Waals surface area contributed by atoms with E-state index in [1.165, 1.54) is 6.07 Å². The van der Waals surface area contributed by atoms with Gasteiger partial charge in [0.2, 0.25) is 0 Å². The zero-order valence-electron chi connectivity index (χ0n) is 12.8. The van der Waals surface area contributed by atoms with Crippen molar-refractivity contribution in [3.05, 3.63) is 51.3 Å². The lowest BCUT2D eigenvalue weighted by molar-refractivity contribution is -0.167. The molecule has 122 valence electrons. The van der Waals surface area contributed by atoms with Crippen molar-refractivity contribution in [2.24, 2.45) is 5.41 Å². The third kappa shape index (κ3) is 1.65. The number of benzene rings is 2. The van der Waals surface area contributed by atoms with E-state index in [0.29, 0.717) is 26.8 Å². The molecule has 0 spiro atoms. The van der Waals surface area contributed by atoms with Gasteiger partial charge in [-0.15, -0.1) is 0 Å². The summed E-state index contributed by atoms with van der Waals surface area (Å²) in [6.45, 7) is 0.229. The van der Waals surface area contributed by atoms with Crippen molar-refractivity contribution in [2.45, 2.75) is 24.7 Å². The van der Waals surface area contributed by atoms with Crippen LogP contribution >= 0.6 is 11.6 Å². The van der Waals surface area contributed by atoms with Gasteiger partial charge >= 0.3 is 5.63 Å². The fourth-order valence-corrected chi connectivity index (χ4v) is 5.10. The second-order valence-corrected chi connectivity index (χ2v) is 7.83. The van der Waals surface area contributed by atoms with E-state index < -0.39 is 5.63 Å². The third-order valence-electron chi connectivity index (χ3n) is 5.84. The van der Waals surface area contributed by atoms with Crippen molar-refractivity contribution in [1.29, 1.82) is 0 Å². The molecule has 2 bridgehead atoms. The van der Waals surface area contributed by atoms with Gasteiger partial charge in [0, 0.05) is 28.5 Å². The van der Waals surface area contributed by atoms with Gasteiger partial charge in [-0.1, -0.05) is 11.6 Å². The van der Waals surface area contributed by atoms with Crippen molar-refractivity contribution >= 4 is 33.3 Å². The van der Waals surface area contributed by atoms with Gasteiger partial charge in [-0.25, -0.2) is 4.79 Å². The van der Waals surface area contributed by atoms with Gasteiger partial charge in [0.25, 0.3) is 0 Å². The molecular formula is C19H15ClO4. The van der Waals surface area contributed by atoms with Gasteiger partial charge in [-0.3, -0.25) is 0 Å². The summed E-state index contributed by atoms with van der Waals surface area (Å²) in [6.07, 6.45) is 2.85. The van der Waals surface area contributed by atoms with Gasteiger partial charge in [0.05, 0.1) is 5.39 Å². The number of phenolic OH excluding ortho intramolecular Hbond substituents is 1. The number of hydrogen-bond donors (Lipinski definition) is 2. The number of hydrogen-bond acceptors (Lipinski definition) is 4. The Kier molecular flexibility index (Phi) is 2.58. The Labute approximate surface area is 142 Å². The monoisotopic (exact) mass is 342 g/mol. The molecule has 3 aromatic rings. The fourth-order valence-electron chi connectivity index (χ4n) is 4.78. The first-order chi connectivity index (χ1) is 11.5. The van der Waals surface area contributed by atoms with E-state index in [-0.39, 0.29) is 23.2 Å². The molecule has 24 heavy (non-hydrogen) atoms. The number of rotatable bonds is 2. The molecule has 1 heterocycles. The second-order valence-electron chi connectivity index (χ2n) is 7.42. The van der Waals surface area contributed by atoms with Crippen molar-refractivity contribution in [1.82, 2.24) is 0 Å². The van der Waals surface area contributed by atoms with Crippen molar-refractivity contribution in [3.63, 3.8) is 0 Å². The number of phenols is 1. The molecule has 0 radical (unpaired) electrons. The highest BCUT2D eigenvalue weighted by Gasteiger charge is 2.67. The van der Waals surface area contributed by atoms with Crippen LogP contribution in [0.1, 0.15) is 24.8 Å². The van der Waals surface area contributed by atoms with Gasteiger partial charge in [-0.05, 0) is 59.9 Å². The van der Waals surface area contributed by atoms with Crippen LogP contribution in [0.4, 0.5) is 0 Å². The molecule has 0 amide bonds. The molecule has 0 saturated heterocycles. The van der Waals surface area contributed by atoms with Gasteiger partial charge in [0.15, 0.2) is 0 Å². The van der Waals surface area contributed by atoms with Crippen molar-refractivity contribution in [2.75, 3.05) is 6.61 Å². The zero-order valence-corrected chi connectivity index (χ0v) is 13.6. The maximum Gasteiger partial charge on any atom is 0.344 e. The minimum atomic E-state index is -0.449. The number of aliphatic hydroxyl groups excluding tert-OH is 1. The first kappa shape index (κ1) is 14.3. The van der Waals surface area contributed by atoms with Crippen LogP contribution in [-0.4, -0.2) is 16.8 Å². The molecule has 2 aromatic carbocycles. The number of aliphatic hydroxyl groups is 1. The number of halogens is 1. The molecule has 3 aliphatic carbocycles. The van der Waals surface area contributed by atoms with E-state index in [1.807, 2.05) is 12.1 Å². The Morgan fingerprint density at radius 3 is 2.58 bits per heavy atom. The van der Waals surface area contributed by atoms with Crippen molar-refractivity contribution < 1.29 is 14.6 Å². The maximum absolute atomic E-state index is 12.4. The van der Waals surface area contributed by atoms with Crippen LogP contribution in [0, 0.1) is 5.41 Å². The molecule has 3 saturated carbocycles. The molecule has 3 fully saturated rings. The van der Waals surface area contributed by atoms with Crippen LogP contribution in [0.15, 0.2) is 39.5 Å². The zero-order chi connectivity index (χ0) is 16.7. The predicted octanol–water partition coefficient (Wildman–Crippen LogP) is 3.72. The Hall–Kier alpha value is -2.04. The van der Waals surface area contributed by atoms with Gasteiger partial charge < -0.3 is 14.6 Å². The van der Waals surface area contributed by atoms with E-state index in [1.54, 1.807) is 12.1 Å². The molecule has 5 heteroatoms. The predicted molar refractivity (Wildman–Crippen MR) is 91.7 cm³/mol. The summed E-state index contributed by atoms with van der Waals surface area (Å²) in [5, 5.41) is 21.4. The molecule has 1 aromatic heterocycles. The summed E-state index contributed by atoms with van der Waals surface area (Å²) in [5.41, 5.74) is 1.08. The Balaban J connectivity index is 1.75. The van der Waals surface area contributed by atoms with E-state index in [9.17, 15) is 15.0 Å². The number of fused-ring (bicyclic) bond motifs is 3. The lowest BCUT2D eigenvalue weighted by atomic mass is 9.34. The maximum atomic E-state index is 12.4. The van der Waals surface area contributed by atoms with Crippen LogP contribution in [0.25, 0.3) is 21.7 Å². The lowest BCUT2D eigenvalue weighted by Crippen LogP contribution is -2.66. The van der Waals surface area contributed by atoms with Gasteiger partial charge in [-0.2, -0.15) is 0 Å². The highest BCUT2D eigenvalue weighted by Crippen LogP contribution is 2.73. The first-order valence-corrected chi connectivity index (χ1v) is 8.34. The molecule has 0 unspecified atom stereocenters. The summed E-state index contributed by atoms with van der Waals surface area (Å²) >= 11 is 6.53. The molecule has 4 nitrogen and oxygen atoms in total. The van der Waals surface area contributed by atoms with E-state index in [4.69, 9.17) is 16.0 Å². The molecule has 0 atom stereocenters. The third-order valence-corrected chi connectivity index (χ3v) is 6.13. The quantitative estimate of drug-likeness (QED) is 0.550. The van der Waals surface area contributed by atoms with E-state index in [2.05, 4.69) is 0 Å². The lowest BCUT2D eigenvalue weighted by Gasteiger charge is -2.70. The van der Waals surface area contributed by atoms with Crippen LogP contribution in [-0.2, 0) is 5.41 Å². The average molecular weight is 343 g/mol. The summed E-state index contributed by atoms with van der Waals surface area (Å²) in [6, 6.07) is 8.52. The first-order valence-electron chi connectivity index (χ1n) is 7.96. The SMILES string of the molecule is O=c1oc2cc(O)ccc2c2c(Cl)cc(C34CC(CO)(C3)C4)cc12. The standard InChI is InChI=1S/C19H15ClO4/c20-14-4-10(19-6-18(7-19,8-19)9-21)3-13-16(14)12-2-1-11(22)5-15(12)24-17(13)23/h1-5,21-22H,6-9H2. The Bertz CT molecular complexity index is 1060. The highest BCUT2D eigenvalue weighted by atomic mass is 35.5. The van der Waals surface area contributed by atoms with Crippen LogP contribution in [0.3, 0.4) is 0 Å². The minimum absolute atomic E-state index is 0.0425. The van der Waals surface area contributed by atoms with Gasteiger partial charge in [0.1, 0.15) is 11.3 Å². The summed E-state index contributed by atoms with van der Waals surface area (Å²) < 4.78 is 5.37. The summed E-state index contributed by atoms with van der Waals surface area (Å²) in [4.78, 5) is 12.4. The largest absolute Gasteiger partial charge is 0.508 e. The minimum Gasteiger partial charge on any atom is -0.508 e. The molecule has 2 N–H and O–H groups in total. The second kappa shape index (κ2) is 4.32. The molecule has 6 rings (SSSR count).